The molecule has 1 saturated heterocycles. The van der Waals surface area contributed by atoms with Gasteiger partial charge in [-0.1, -0.05) is 131 Å². The molecule has 0 radical (unpaired) electrons. The standard InChI is InChI=1S/C48H45BO2/c1-45(2)41-18-10-9-17-37(41)38-22-20-34(28-42(38)45)35-21-24-40-39-23-19-33(27-43(39)46(3,4)44(40)29-35)31-14-11-13-30(25-31)32-15-12-16-36(26-32)49-50-47(5,6)48(7,8)51-49/h9-29H,1-8H3. The zero-order valence-corrected chi connectivity index (χ0v) is 31.0. The molecule has 2 nitrogen and oxygen atoms in total. The Morgan fingerprint density at radius 1 is 0.353 bits per heavy atom. The average Bonchev–Trinajstić information content (AvgIpc) is 3.60. The maximum absolute atomic E-state index is 6.37. The minimum Gasteiger partial charge on any atom is -0.399 e. The van der Waals surface area contributed by atoms with Gasteiger partial charge in [0.15, 0.2) is 0 Å². The van der Waals surface area contributed by atoms with Crippen molar-refractivity contribution in [1.29, 1.82) is 0 Å². The van der Waals surface area contributed by atoms with Crippen LogP contribution in [-0.4, -0.2) is 18.3 Å². The van der Waals surface area contributed by atoms with E-state index >= 15 is 0 Å². The second-order valence-corrected chi connectivity index (χ2v) is 16.9. The first-order valence-electron chi connectivity index (χ1n) is 18.4. The molecule has 6 aromatic rings. The Balaban J connectivity index is 1.03. The summed E-state index contributed by atoms with van der Waals surface area (Å²) in [5, 5.41) is 0. The Labute approximate surface area is 303 Å². The molecule has 0 spiro atoms. The highest BCUT2D eigenvalue weighted by Gasteiger charge is 2.51. The Bertz CT molecular complexity index is 2380. The van der Waals surface area contributed by atoms with Crippen molar-refractivity contribution in [2.24, 2.45) is 0 Å². The van der Waals surface area contributed by atoms with Crippen LogP contribution < -0.4 is 5.46 Å². The van der Waals surface area contributed by atoms with Crippen molar-refractivity contribution in [1.82, 2.24) is 0 Å². The summed E-state index contributed by atoms with van der Waals surface area (Å²) in [7, 11) is -0.383. The molecular formula is C48H45BO2. The van der Waals surface area contributed by atoms with Gasteiger partial charge in [0, 0.05) is 10.8 Å². The van der Waals surface area contributed by atoms with Gasteiger partial charge in [-0.2, -0.15) is 0 Å². The molecule has 0 bridgehead atoms. The highest BCUT2D eigenvalue weighted by Crippen LogP contribution is 2.52. The van der Waals surface area contributed by atoms with Crippen LogP contribution in [0.5, 0.6) is 0 Å². The molecule has 1 aliphatic heterocycles. The summed E-state index contributed by atoms with van der Waals surface area (Å²) in [6.45, 7) is 17.9. The molecule has 3 heteroatoms. The molecule has 0 amide bonds. The summed E-state index contributed by atoms with van der Waals surface area (Å²) in [6.07, 6.45) is 0. The fourth-order valence-corrected chi connectivity index (χ4v) is 8.70. The molecule has 1 fully saturated rings. The molecule has 2 aliphatic carbocycles. The van der Waals surface area contributed by atoms with Crippen molar-refractivity contribution < 1.29 is 9.31 Å². The van der Waals surface area contributed by atoms with E-state index in [1.807, 2.05) is 0 Å². The average molecular weight is 665 g/mol. The van der Waals surface area contributed by atoms with Crippen LogP contribution in [0, 0.1) is 0 Å². The van der Waals surface area contributed by atoms with Crippen molar-refractivity contribution in [2.75, 3.05) is 0 Å². The minimum atomic E-state index is -0.383. The smallest absolute Gasteiger partial charge is 0.399 e. The molecule has 0 unspecified atom stereocenters. The third-order valence-electron chi connectivity index (χ3n) is 12.5. The van der Waals surface area contributed by atoms with Crippen molar-refractivity contribution in [3.63, 3.8) is 0 Å². The predicted octanol–water partition coefficient (Wildman–Crippen LogP) is 11.6. The van der Waals surface area contributed by atoms with E-state index in [0.717, 1.165) is 11.0 Å². The van der Waals surface area contributed by atoms with Crippen LogP contribution in [0.4, 0.5) is 0 Å². The summed E-state index contributed by atoms with van der Waals surface area (Å²) in [4.78, 5) is 0. The van der Waals surface area contributed by atoms with Crippen LogP contribution in [0.2, 0.25) is 0 Å². The zero-order valence-electron chi connectivity index (χ0n) is 31.0. The van der Waals surface area contributed by atoms with Crippen LogP contribution in [0.1, 0.15) is 77.6 Å². The van der Waals surface area contributed by atoms with Gasteiger partial charge in [0.05, 0.1) is 11.2 Å². The number of benzene rings is 6. The lowest BCUT2D eigenvalue weighted by Crippen LogP contribution is -2.41. The quantitative estimate of drug-likeness (QED) is 0.175. The van der Waals surface area contributed by atoms with Crippen LogP contribution in [0.25, 0.3) is 55.6 Å². The molecule has 9 rings (SSSR count). The van der Waals surface area contributed by atoms with Crippen molar-refractivity contribution in [3.8, 4) is 55.6 Å². The molecule has 51 heavy (non-hydrogen) atoms. The van der Waals surface area contributed by atoms with Crippen molar-refractivity contribution in [2.45, 2.75) is 77.4 Å². The molecule has 3 aliphatic rings. The first-order chi connectivity index (χ1) is 24.2. The number of hydrogen-bond acceptors (Lipinski definition) is 2. The Kier molecular flexibility index (Phi) is 6.89. The first-order valence-corrected chi connectivity index (χ1v) is 18.4. The highest BCUT2D eigenvalue weighted by atomic mass is 16.7. The predicted molar refractivity (Wildman–Crippen MR) is 214 cm³/mol. The molecule has 252 valence electrons. The lowest BCUT2D eigenvalue weighted by Gasteiger charge is -2.32. The lowest BCUT2D eigenvalue weighted by molar-refractivity contribution is 0.00578. The molecule has 0 aromatic heterocycles. The van der Waals surface area contributed by atoms with Gasteiger partial charge in [-0.15, -0.1) is 0 Å². The summed E-state index contributed by atoms with van der Waals surface area (Å²) < 4.78 is 12.7. The number of rotatable bonds is 4. The van der Waals surface area contributed by atoms with Gasteiger partial charge < -0.3 is 9.31 Å². The Morgan fingerprint density at radius 2 is 0.745 bits per heavy atom. The van der Waals surface area contributed by atoms with Gasteiger partial charge >= 0.3 is 7.12 Å². The minimum absolute atomic E-state index is 0.0160. The summed E-state index contributed by atoms with van der Waals surface area (Å²) >= 11 is 0. The molecule has 0 saturated carbocycles. The van der Waals surface area contributed by atoms with Gasteiger partial charge in [0.25, 0.3) is 0 Å². The first kappa shape index (κ1) is 32.2. The topological polar surface area (TPSA) is 18.5 Å². The monoisotopic (exact) mass is 664 g/mol. The van der Waals surface area contributed by atoms with E-state index in [0.29, 0.717) is 0 Å². The van der Waals surface area contributed by atoms with Crippen molar-refractivity contribution in [3.05, 3.63) is 150 Å². The van der Waals surface area contributed by atoms with Crippen LogP contribution in [-0.2, 0) is 20.1 Å². The summed E-state index contributed by atoms with van der Waals surface area (Å²) in [5.74, 6) is 0. The molecular weight excluding hydrogens is 619 g/mol. The molecule has 0 atom stereocenters. The van der Waals surface area contributed by atoms with Gasteiger partial charge in [0.2, 0.25) is 0 Å². The Hall–Kier alpha value is -4.70. The third kappa shape index (κ3) is 4.85. The second kappa shape index (κ2) is 10.9. The van der Waals surface area contributed by atoms with E-state index < -0.39 is 0 Å². The normalized spacial score (nSPS) is 18.2. The zero-order chi connectivity index (χ0) is 35.5. The van der Waals surface area contributed by atoms with Crippen LogP contribution in [0.15, 0.2) is 127 Å². The summed E-state index contributed by atoms with van der Waals surface area (Å²) in [6, 6.07) is 47.6. The summed E-state index contributed by atoms with van der Waals surface area (Å²) in [5.41, 5.74) is 18.5. The maximum atomic E-state index is 6.37. The molecule has 1 heterocycles. The fourth-order valence-electron chi connectivity index (χ4n) is 8.70. The fraction of sp³-hybridized carbons (Fsp3) is 0.250. The van der Waals surface area contributed by atoms with E-state index in [-0.39, 0.29) is 29.2 Å². The second-order valence-electron chi connectivity index (χ2n) is 16.9. The molecule has 0 N–H and O–H groups in total. The largest absolute Gasteiger partial charge is 0.494 e. The van der Waals surface area contributed by atoms with Gasteiger partial charge in [-0.3, -0.25) is 0 Å². The maximum Gasteiger partial charge on any atom is 0.494 e. The van der Waals surface area contributed by atoms with E-state index in [9.17, 15) is 0 Å². The van der Waals surface area contributed by atoms with Crippen LogP contribution >= 0.6 is 0 Å². The van der Waals surface area contributed by atoms with Gasteiger partial charge in [-0.05, 0) is 135 Å². The lowest BCUT2D eigenvalue weighted by atomic mass is 9.78. The number of fused-ring (bicyclic) bond motifs is 6. The Morgan fingerprint density at radius 3 is 1.25 bits per heavy atom. The van der Waals surface area contributed by atoms with E-state index in [1.54, 1.807) is 0 Å². The SMILES string of the molecule is CC1(C)c2ccccc2-c2ccc(-c3ccc4c(c3)C(C)(C)c3cc(-c5cccc(-c6cccc(B7OC(C)(C)C(C)(C)O7)c6)c5)ccc3-4)cc21. The van der Waals surface area contributed by atoms with E-state index in [4.69, 9.17) is 9.31 Å². The van der Waals surface area contributed by atoms with E-state index in [1.165, 1.54) is 72.3 Å². The van der Waals surface area contributed by atoms with Gasteiger partial charge in [-0.25, -0.2) is 0 Å². The van der Waals surface area contributed by atoms with Crippen LogP contribution in [0.3, 0.4) is 0 Å². The van der Waals surface area contributed by atoms with Gasteiger partial charge in [0.1, 0.15) is 0 Å². The third-order valence-corrected chi connectivity index (χ3v) is 12.5. The number of hydrogen-bond donors (Lipinski definition) is 0. The molecule has 6 aromatic carbocycles. The highest BCUT2D eigenvalue weighted by molar-refractivity contribution is 6.62. The van der Waals surface area contributed by atoms with Crippen molar-refractivity contribution >= 4 is 12.6 Å². The van der Waals surface area contributed by atoms with E-state index in [2.05, 4.69) is 183 Å².